The average Bonchev–Trinajstić information content (AvgIpc) is 2.67. The monoisotopic (exact) mass is 379 g/mol. The molecule has 2 rings (SSSR count). The molecule has 0 N–H and O–H groups in total. The fourth-order valence-corrected chi connectivity index (χ4v) is 2.82. The molecule has 1 heterocycles. The molecule has 1 fully saturated rings. The summed E-state index contributed by atoms with van der Waals surface area (Å²) in [5.74, 6) is 0.192. The summed E-state index contributed by atoms with van der Waals surface area (Å²) in [4.78, 5) is 20.1. The maximum Gasteiger partial charge on any atom is 0.387 e. The normalized spacial score (nSPS) is 14.9. The number of carbonyl (C=O) groups excluding carboxylic acids is 1. The molecule has 1 aliphatic rings. The lowest BCUT2D eigenvalue weighted by Crippen LogP contribution is -2.49. The van der Waals surface area contributed by atoms with Gasteiger partial charge in [0, 0.05) is 49.8 Å². The van der Waals surface area contributed by atoms with Crippen molar-refractivity contribution in [2.45, 2.75) is 13.0 Å². The maximum absolute atomic E-state index is 12.6. The number of ether oxygens (including phenoxy) is 2. The van der Waals surface area contributed by atoms with Gasteiger partial charge in [0.15, 0.2) is 11.5 Å². The standard InChI is InChI=1S/C19H23F2N3O3/c1-4-14(22-5-2)12-18(25)24-10-8-23(9-11-24)15-6-7-16(26-3)17(13-15)27-19(20)21/h4-7,13,19H,1-2,8-12H2,3H3. The van der Waals surface area contributed by atoms with E-state index in [4.69, 9.17) is 4.74 Å². The Labute approximate surface area is 157 Å². The number of allylic oxidation sites excluding steroid dienone is 1. The van der Waals surface area contributed by atoms with Crippen molar-refractivity contribution in [3.63, 3.8) is 0 Å². The summed E-state index contributed by atoms with van der Waals surface area (Å²) >= 11 is 0. The highest BCUT2D eigenvalue weighted by Crippen LogP contribution is 2.33. The number of carbonyl (C=O) groups is 1. The quantitative estimate of drug-likeness (QED) is 0.652. The van der Waals surface area contributed by atoms with Crippen LogP contribution in [0, 0.1) is 0 Å². The number of methoxy groups -OCH3 is 1. The van der Waals surface area contributed by atoms with Crippen LogP contribution in [0.15, 0.2) is 48.6 Å². The largest absolute Gasteiger partial charge is 0.493 e. The lowest BCUT2D eigenvalue weighted by Gasteiger charge is -2.36. The minimum absolute atomic E-state index is 0.0141. The maximum atomic E-state index is 12.6. The van der Waals surface area contributed by atoms with Gasteiger partial charge in [-0.1, -0.05) is 13.2 Å². The van der Waals surface area contributed by atoms with Gasteiger partial charge in [0.05, 0.1) is 13.5 Å². The molecular formula is C19H23F2N3O3. The Morgan fingerprint density at radius 1 is 1.26 bits per heavy atom. The Bertz CT molecular complexity index is 714. The Balaban J connectivity index is 2.01. The summed E-state index contributed by atoms with van der Waals surface area (Å²) in [5.41, 5.74) is 1.31. The second kappa shape index (κ2) is 9.70. The lowest BCUT2D eigenvalue weighted by atomic mass is 10.2. The average molecular weight is 379 g/mol. The van der Waals surface area contributed by atoms with Crippen LogP contribution in [0.5, 0.6) is 11.5 Å². The van der Waals surface area contributed by atoms with Crippen molar-refractivity contribution in [1.82, 2.24) is 4.90 Å². The van der Waals surface area contributed by atoms with E-state index in [1.54, 1.807) is 17.0 Å². The van der Waals surface area contributed by atoms with E-state index in [9.17, 15) is 13.6 Å². The van der Waals surface area contributed by atoms with Gasteiger partial charge in [-0.15, -0.1) is 0 Å². The summed E-state index contributed by atoms with van der Waals surface area (Å²) in [7, 11) is 1.39. The Morgan fingerprint density at radius 2 is 1.96 bits per heavy atom. The van der Waals surface area contributed by atoms with Gasteiger partial charge >= 0.3 is 6.61 Å². The van der Waals surface area contributed by atoms with Gasteiger partial charge in [-0.05, 0) is 18.2 Å². The van der Waals surface area contributed by atoms with Crippen molar-refractivity contribution in [2.24, 2.45) is 4.99 Å². The molecular weight excluding hydrogens is 356 g/mol. The third-order valence-corrected chi connectivity index (χ3v) is 4.19. The second-order valence-electron chi connectivity index (χ2n) is 5.77. The van der Waals surface area contributed by atoms with Gasteiger partial charge in [-0.2, -0.15) is 8.78 Å². The third kappa shape index (κ3) is 5.54. The fraction of sp³-hybridized carbons (Fsp3) is 0.368. The Hall–Kier alpha value is -2.90. The minimum atomic E-state index is -2.93. The van der Waals surface area contributed by atoms with E-state index in [1.165, 1.54) is 25.5 Å². The SMILES string of the molecule is C=CN=C(C=C)CC(=O)N1CCN(c2ccc(OC)c(OC(F)F)c2)CC1. The zero-order chi connectivity index (χ0) is 19.8. The van der Waals surface area contributed by atoms with Crippen LogP contribution in [0.2, 0.25) is 0 Å². The van der Waals surface area contributed by atoms with Gasteiger partial charge in [0.25, 0.3) is 0 Å². The van der Waals surface area contributed by atoms with E-state index in [0.29, 0.717) is 31.9 Å². The first-order valence-corrected chi connectivity index (χ1v) is 8.44. The predicted octanol–water partition coefficient (Wildman–Crippen LogP) is 3.11. The molecule has 146 valence electrons. The first-order chi connectivity index (χ1) is 13.0. The zero-order valence-corrected chi connectivity index (χ0v) is 15.2. The van der Waals surface area contributed by atoms with E-state index in [1.807, 2.05) is 4.90 Å². The first kappa shape index (κ1) is 20.4. The van der Waals surface area contributed by atoms with Crippen LogP contribution in [0.4, 0.5) is 14.5 Å². The van der Waals surface area contributed by atoms with Crippen molar-refractivity contribution < 1.29 is 23.0 Å². The van der Waals surface area contributed by atoms with Gasteiger partial charge in [0.2, 0.25) is 5.91 Å². The molecule has 0 atom stereocenters. The number of amides is 1. The minimum Gasteiger partial charge on any atom is -0.493 e. The van der Waals surface area contributed by atoms with Crippen molar-refractivity contribution in [3.05, 3.63) is 43.6 Å². The highest BCUT2D eigenvalue weighted by Gasteiger charge is 2.23. The molecule has 1 saturated heterocycles. The molecule has 1 aliphatic heterocycles. The van der Waals surface area contributed by atoms with Crippen LogP contribution < -0.4 is 14.4 Å². The molecule has 8 heteroatoms. The number of benzene rings is 1. The zero-order valence-electron chi connectivity index (χ0n) is 15.2. The van der Waals surface area contributed by atoms with Gasteiger partial charge in [0.1, 0.15) is 0 Å². The smallest absolute Gasteiger partial charge is 0.387 e. The molecule has 27 heavy (non-hydrogen) atoms. The summed E-state index contributed by atoms with van der Waals surface area (Å²) in [6, 6.07) is 4.89. The number of halogens is 2. The van der Waals surface area contributed by atoms with Crippen molar-refractivity contribution in [3.8, 4) is 11.5 Å². The second-order valence-corrected chi connectivity index (χ2v) is 5.77. The topological polar surface area (TPSA) is 54.4 Å². The Morgan fingerprint density at radius 3 is 2.52 bits per heavy atom. The molecule has 1 aromatic rings. The molecule has 0 spiro atoms. The van der Waals surface area contributed by atoms with Gasteiger partial charge < -0.3 is 19.3 Å². The molecule has 1 amide bonds. The van der Waals surface area contributed by atoms with E-state index in [0.717, 1.165) is 5.69 Å². The van der Waals surface area contributed by atoms with Crippen LogP contribution in [0.1, 0.15) is 6.42 Å². The molecule has 0 radical (unpaired) electrons. The first-order valence-electron chi connectivity index (χ1n) is 8.44. The molecule has 6 nitrogen and oxygen atoms in total. The number of hydrogen-bond acceptors (Lipinski definition) is 5. The highest BCUT2D eigenvalue weighted by atomic mass is 19.3. The number of hydrogen-bond donors (Lipinski definition) is 0. The van der Waals surface area contributed by atoms with Crippen LogP contribution in [-0.4, -0.2) is 56.4 Å². The number of alkyl halides is 2. The van der Waals surface area contributed by atoms with E-state index in [2.05, 4.69) is 22.9 Å². The fourth-order valence-electron chi connectivity index (χ4n) is 2.82. The molecule has 0 aliphatic carbocycles. The van der Waals surface area contributed by atoms with Crippen molar-refractivity contribution >= 4 is 17.3 Å². The van der Waals surface area contributed by atoms with Crippen molar-refractivity contribution in [1.29, 1.82) is 0 Å². The predicted molar refractivity (Wildman–Crippen MR) is 101 cm³/mol. The highest BCUT2D eigenvalue weighted by molar-refractivity contribution is 6.07. The number of rotatable bonds is 8. The van der Waals surface area contributed by atoms with Gasteiger partial charge in [-0.25, -0.2) is 0 Å². The van der Waals surface area contributed by atoms with Crippen LogP contribution >= 0.6 is 0 Å². The summed E-state index contributed by atoms with van der Waals surface area (Å²) < 4.78 is 34.7. The van der Waals surface area contributed by atoms with Crippen LogP contribution in [0.25, 0.3) is 0 Å². The van der Waals surface area contributed by atoms with E-state index < -0.39 is 6.61 Å². The molecule has 0 saturated carbocycles. The summed E-state index contributed by atoms with van der Waals surface area (Å²) in [5, 5.41) is 0. The van der Waals surface area contributed by atoms with E-state index in [-0.39, 0.29) is 23.8 Å². The van der Waals surface area contributed by atoms with Crippen LogP contribution in [-0.2, 0) is 4.79 Å². The number of anilines is 1. The van der Waals surface area contributed by atoms with Crippen molar-refractivity contribution in [2.75, 3.05) is 38.2 Å². The molecule has 1 aromatic carbocycles. The summed E-state index contributed by atoms with van der Waals surface area (Å²) in [6.07, 6.45) is 3.09. The molecule has 0 aromatic heterocycles. The third-order valence-electron chi connectivity index (χ3n) is 4.19. The molecule has 0 unspecified atom stereocenters. The lowest BCUT2D eigenvalue weighted by molar-refractivity contribution is -0.130. The van der Waals surface area contributed by atoms with E-state index >= 15 is 0 Å². The van der Waals surface area contributed by atoms with Crippen LogP contribution in [0.3, 0.4) is 0 Å². The Kier molecular flexibility index (Phi) is 7.34. The van der Waals surface area contributed by atoms with Gasteiger partial charge in [-0.3, -0.25) is 9.79 Å². The number of aliphatic imine (C=N–C) groups is 1. The molecule has 0 bridgehead atoms. The number of nitrogens with zero attached hydrogens (tertiary/aromatic N) is 3. The summed E-state index contributed by atoms with van der Waals surface area (Å²) in [6.45, 7) is 6.42. The number of piperazine rings is 1.